The number of amides is 1. The first-order valence-corrected chi connectivity index (χ1v) is 7.87. The van der Waals surface area contributed by atoms with Crippen LogP contribution in [0.3, 0.4) is 0 Å². The highest BCUT2D eigenvalue weighted by molar-refractivity contribution is 5.84. The molecule has 0 unspecified atom stereocenters. The van der Waals surface area contributed by atoms with Crippen molar-refractivity contribution in [3.05, 3.63) is 29.6 Å². The number of nitrogens with zero attached hydrogens (tertiary/aromatic N) is 1. The smallest absolute Gasteiger partial charge is 0.229 e. The van der Waals surface area contributed by atoms with Crippen LogP contribution in [0.25, 0.3) is 0 Å². The van der Waals surface area contributed by atoms with Crippen molar-refractivity contribution in [2.24, 2.45) is 11.3 Å². The maximum Gasteiger partial charge on any atom is 0.229 e. The van der Waals surface area contributed by atoms with Gasteiger partial charge >= 0.3 is 0 Å². The summed E-state index contributed by atoms with van der Waals surface area (Å²) < 4.78 is 5.28. The minimum Gasteiger partial charge on any atom is -0.384 e. The van der Waals surface area contributed by atoms with Gasteiger partial charge in [0.2, 0.25) is 5.91 Å². The number of ether oxygens (including phenoxy) is 1. The van der Waals surface area contributed by atoms with Crippen molar-refractivity contribution in [3.63, 3.8) is 0 Å². The van der Waals surface area contributed by atoms with Crippen molar-refractivity contribution in [1.29, 1.82) is 0 Å². The Balaban J connectivity index is 1.75. The van der Waals surface area contributed by atoms with Gasteiger partial charge in [-0.25, -0.2) is 0 Å². The fourth-order valence-corrected chi connectivity index (χ4v) is 3.20. The fraction of sp³-hybridized carbons (Fsp3) is 0.647. The second-order valence-corrected chi connectivity index (χ2v) is 6.61. The number of methoxy groups -OCH3 is 1. The average Bonchev–Trinajstić information content (AvgIpc) is 3.24. The van der Waals surface area contributed by atoms with Gasteiger partial charge in [0.25, 0.3) is 0 Å². The molecule has 21 heavy (non-hydrogen) atoms. The average molecular weight is 288 g/mol. The standard InChI is InChI=1S/C17H24N2O2/c1-12-6-9-18-14(10-12)15(13-4-5-13)19-16(20)17(11-21-2)7-3-8-17/h6,9-10,13,15H,3-5,7-8,11H2,1-2H3,(H,19,20)/t15-/m1/s1. The summed E-state index contributed by atoms with van der Waals surface area (Å²) in [5.74, 6) is 0.693. The molecule has 1 heterocycles. The summed E-state index contributed by atoms with van der Waals surface area (Å²) in [6.45, 7) is 2.59. The Morgan fingerprint density at radius 3 is 2.81 bits per heavy atom. The van der Waals surface area contributed by atoms with Crippen LogP contribution < -0.4 is 5.32 Å². The molecule has 0 radical (unpaired) electrons. The van der Waals surface area contributed by atoms with Crippen LogP contribution in [0.4, 0.5) is 0 Å². The number of carbonyl (C=O) groups excluding carboxylic acids is 1. The molecule has 0 aliphatic heterocycles. The molecule has 3 rings (SSSR count). The second kappa shape index (κ2) is 5.76. The van der Waals surface area contributed by atoms with Crippen LogP contribution in [0.2, 0.25) is 0 Å². The zero-order valence-corrected chi connectivity index (χ0v) is 12.9. The van der Waals surface area contributed by atoms with Crippen LogP contribution in [-0.4, -0.2) is 24.6 Å². The van der Waals surface area contributed by atoms with E-state index in [2.05, 4.69) is 23.3 Å². The molecule has 1 atom stereocenters. The molecule has 0 bridgehead atoms. The molecule has 114 valence electrons. The van der Waals surface area contributed by atoms with Gasteiger partial charge in [-0.3, -0.25) is 9.78 Å². The number of pyridine rings is 1. The lowest BCUT2D eigenvalue weighted by Gasteiger charge is -2.40. The van der Waals surface area contributed by atoms with E-state index in [-0.39, 0.29) is 17.4 Å². The van der Waals surface area contributed by atoms with E-state index in [1.54, 1.807) is 7.11 Å². The lowest BCUT2D eigenvalue weighted by molar-refractivity contribution is -0.141. The Bertz CT molecular complexity index is 521. The number of nitrogens with one attached hydrogen (secondary N) is 1. The molecule has 1 amide bonds. The van der Waals surface area contributed by atoms with Crippen molar-refractivity contribution in [2.45, 2.75) is 45.1 Å². The summed E-state index contributed by atoms with van der Waals surface area (Å²) in [6, 6.07) is 4.15. The molecule has 2 aliphatic carbocycles. The number of carbonyl (C=O) groups is 1. The molecule has 1 N–H and O–H groups in total. The Kier molecular flexibility index (Phi) is 3.98. The Morgan fingerprint density at radius 1 is 1.52 bits per heavy atom. The SMILES string of the molecule is COCC1(C(=O)N[C@@H](c2cc(C)ccn2)C2CC2)CCC1. The number of aromatic nitrogens is 1. The van der Waals surface area contributed by atoms with Gasteiger partial charge in [-0.15, -0.1) is 0 Å². The predicted octanol–water partition coefficient (Wildman–Crippen LogP) is 2.77. The molecule has 2 aliphatic rings. The van der Waals surface area contributed by atoms with E-state index in [0.717, 1.165) is 25.0 Å². The van der Waals surface area contributed by atoms with Gasteiger partial charge in [-0.1, -0.05) is 6.42 Å². The van der Waals surface area contributed by atoms with Gasteiger partial charge in [-0.2, -0.15) is 0 Å². The molecule has 4 heteroatoms. The molecule has 0 spiro atoms. The van der Waals surface area contributed by atoms with E-state index < -0.39 is 0 Å². The second-order valence-electron chi connectivity index (χ2n) is 6.61. The van der Waals surface area contributed by atoms with Crippen LogP contribution in [-0.2, 0) is 9.53 Å². The van der Waals surface area contributed by atoms with Crippen molar-refractivity contribution in [1.82, 2.24) is 10.3 Å². The summed E-state index contributed by atoms with van der Waals surface area (Å²) in [5, 5.41) is 3.27. The van der Waals surface area contributed by atoms with Crippen LogP contribution in [0, 0.1) is 18.3 Å². The fourth-order valence-electron chi connectivity index (χ4n) is 3.20. The van der Waals surface area contributed by atoms with E-state index in [4.69, 9.17) is 4.74 Å². The van der Waals surface area contributed by atoms with Crippen molar-refractivity contribution >= 4 is 5.91 Å². The maximum absolute atomic E-state index is 12.7. The summed E-state index contributed by atoms with van der Waals surface area (Å²) in [7, 11) is 1.67. The Morgan fingerprint density at radius 2 is 2.29 bits per heavy atom. The third-order valence-electron chi connectivity index (χ3n) is 4.85. The largest absolute Gasteiger partial charge is 0.384 e. The third kappa shape index (κ3) is 2.95. The van der Waals surface area contributed by atoms with E-state index in [9.17, 15) is 4.79 Å². The molecule has 1 aromatic heterocycles. The first-order valence-electron chi connectivity index (χ1n) is 7.87. The molecule has 2 fully saturated rings. The summed E-state index contributed by atoms with van der Waals surface area (Å²) in [4.78, 5) is 17.2. The van der Waals surface area contributed by atoms with Crippen molar-refractivity contribution < 1.29 is 9.53 Å². The first-order chi connectivity index (χ1) is 10.1. The lowest BCUT2D eigenvalue weighted by Crippen LogP contribution is -2.49. The maximum atomic E-state index is 12.7. The normalized spacial score (nSPS) is 21.4. The van der Waals surface area contributed by atoms with E-state index in [0.29, 0.717) is 12.5 Å². The van der Waals surface area contributed by atoms with Gasteiger partial charge < -0.3 is 10.1 Å². The number of hydrogen-bond acceptors (Lipinski definition) is 3. The predicted molar refractivity (Wildman–Crippen MR) is 80.7 cm³/mol. The quantitative estimate of drug-likeness (QED) is 0.875. The minimum absolute atomic E-state index is 0.0618. The summed E-state index contributed by atoms with van der Waals surface area (Å²) in [5.41, 5.74) is 1.89. The number of rotatable bonds is 6. The molecular formula is C17H24N2O2. The van der Waals surface area contributed by atoms with E-state index in [1.165, 1.54) is 18.4 Å². The molecule has 0 saturated heterocycles. The zero-order chi connectivity index (χ0) is 14.9. The summed E-state index contributed by atoms with van der Waals surface area (Å²) in [6.07, 6.45) is 7.18. The van der Waals surface area contributed by atoms with Crippen molar-refractivity contribution in [3.8, 4) is 0 Å². The van der Waals surface area contributed by atoms with Crippen LogP contribution in [0.5, 0.6) is 0 Å². The minimum atomic E-state index is -0.300. The molecule has 4 nitrogen and oxygen atoms in total. The van der Waals surface area contributed by atoms with Gasteiger partial charge in [0.15, 0.2) is 0 Å². The number of aryl methyl sites for hydroxylation is 1. The highest BCUT2D eigenvalue weighted by Crippen LogP contribution is 2.44. The first kappa shape index (κ1) is 14.5. The van der Waals surface area contributed by atoms with E-state index >= 15 is 0 Å². The highest BCUT2D eigenvalue weighted by atomic mass is 16.5. The van der Waals surface area contributed by atoms with Gasteiger partial charge in [0, 0.05) is 13.3 Å². The van der Waals surface area contributed by atoms with Gasteiger partial charge in [0.05, 0.1) is 23.8 Å². The van der Waals surface area contributed by atoms with Crippen molar-refractivity contribution in [2.75, 3.05) is 13.7 Å². The van der Waals surface area contributed by atoms with Crippen LogP contribution >= 0.6 is 0 Å². The molecule has 1 aromatic rings. The van der Waals surface area contributed by atoms with Gasteiger partial charge in [-0.05, 0) is 56.2 Å². The molecular weight excluding hydrogens is 264 g/mol. The monoisotopic (exact) mass is 288 g/mol. The van der Waals surface area contributed by atoms with Gasteiger partial charge in [0.1, 0.15) is 0 Å². The third-order valence-corrected chi connectivity index (χ3v) is 4.85. The zero-order valence-electron chi connectivity index (χ0n) is 12.9. The topological polar surface area (TPSA) is 51.2 Å². The van der Waals surface area contributed by atoms with E-state index in [1.807, 2.05) is 12.3 Å². The Hall–Kier alpha value is -1.42. The lowest BCUT2D eigenvalue weighted by atomic mass is 9.68. The number of hydrogen-bond donors (Lipinski definition) is 1. The van der Waals surface area contributed by atoms with Crippen LogP contribution in [0.15, 0.2) is 18.3 Å². The van der Waals surface area contributed by atoms with Crippen LogP contribution in [0.1, 0.15) is 49.4 Å². The molecule has 2 saturated carbocycles. The Labute approximate surface area is 126 Å². The highest BCUT2D eigenvalue weighted by Gasteiger charge is 2.46. The molecule has 0 aromatic carbocycles. The summed E-state index contributed by atoms with van der Waals surface area (Å²) >= 11 is 0.